The van der Waals surface area contributed by atoms with Gasteiger partial charge in [0.25, 0.3) is 0 Å². The molecule has 1 spiro atoms. The van der Waals surface area contributed by atoms with Crippen molar-refractivity contribution in [3.8, 4) is 5.75 Å². The summed E-state index contributed by atoms with van der Waals surface area (Å²) in [6.07, 6.45) is 8.64. The number of hydrogen-bond donors (Lipinski definition) is 5. The van der Waals surface area contributed by atoms with Gasteiger partial charge in [0.1, 0.15) is 11.2 Å². The number of ether oxygens (including phenoxy) is 4. The molecule has 1 aromatic heterocycles. The predicted octanol–water partition coefficient (Wildman–Crippen LogP) is 6.09. The predicted molar refractivity (Wildman–Crippen MR) is 249 cm³/mol. The van der Waals surface area contributed by atoms with E-state index in [1.807, 2.05) is 44.0 Å². The normalized spacial score (nSPS) is 33.9. The quantitative estimate of drug-likeness (QED) is 0.0782. The second kappa shape index (κ2) is 17.9. The number of benzene rings is 2. The summed E-state index contributed by atoms with van der Waals surface area (Å²) in [5, 5.41) is 26.4. The monoisotopic (exact) mass is 939 g/mol. The van der Waals surface area contributed by atoms with E-state index >= 15 is 4.79 Å². The first-order valence-electron chi connectivity index (χ1n) is 22.2. The van der Waals surface area contributed by atoms with Crippen LogP contribution in [0.2, 0.25) is 0 Å². The van der Waals surface area contributed by atoms with Gasteiger partial charge in [-0.15, -0.1) is 0 Å². The molecular weight excluding hydrogens is 871 g/mol. The van der Waals surface area contributed by atoms with E-state index in [-0.39, 0.29) is 32.7 Å². The van der Waals surface area contributed by atoms with Crippen LogP contribution in [0.15, 0.2) is 48.6 Å². The average molecular weight is 940 g/mol. The number of likely N-dealkylation sites (N-methyl/N-ethyl adjacent to an activating group) is 1. The lowest BCUT2D eigenvalue weighted by Gasteiger charge is -2.63. The van der Waals surface area contributed by atoms with E-state index in [9.17, 15) is 19.8 Å². The zero-order chi connectivity index (χ0) is 46.4. The molecule has 10 atom stereocenters. The molecule has 1 saturated heterocycles. The first-order valence-corrected chi connectivity index (χ1v) is 23.6. The van der Waals surface area contributed by atoms with E-state index in [2.05, 4.69) is 40.2 Å². The summed E-state index contributed by atoms with van der Waals surface area (Å²) in [4.78, 5) is 50.9. The number of esters is 3. The molecule has 0 radical (unpaired) electrons. The number of fused-ring (bicyclic) bond motifs is 6. The number of aromatic amines is 1. The number of carbonyl (C=O) groups excluding carboxylic acids is 3. The van der Waals surface area contributed by atoms with Crippen LogP contribution in [0.4, 0.5) is 5.69 Å². The highest BCUT2D eigenvalue weighted by Crippen LogP contribution is 2.68. The minimum Gasteiger partial charge on any atom is -0.496 e. The first kappa shape index (κ1) is 50.9. The number of rotatable bonds is 7. The van der Waals surface area contributed by atoms with E-state index in [1.165, 1.54) is 21.1 Å². The van der Waals surface area contributed by atoms with Crippen LogP contribution in [0.1, 0.15) is 109 Å². The van der Waals surface area contributed by atoms with Crippen molar-refractivity contribution < 1.29 is 61.1 Å². The smallest absolute Gasteiger partial charge is 0.394 e. The summed E-state index contributed by atoms with van der Waals surface area (Å²) >= 11 is 0. The third-order valence-electron chi connectivity index (χ3n) is 16.0. The average Bonchev–Trinajstić information content (AvgIpc) is 3.92. The fourth-order valence-electron chi connectivity index (χ4n) is 14.0. The van der Waals surface area contributed by atoms with Crippen molar-refractivity contribution in [2.45, 2.75) is 134 Å². The van der Waals surface area contributed by atoms with Gasteiger partial charge in [0.05, 0.1) is 33.0 Å². The Morgan fingerprint density at radius 2 is 1.58 bits per heavy atom. The summed E-state index contributed by atoms with van der Waals surface area (Å²) in [5.41, 5.74) is -1.38. The van der Waals surface area contributed by atoms with E-state index in [0.29, 0.717) is 62.9 Å². The summed E-state index contributed by atoms with van der Waals surface area (Å²) in [6, 6.07) is 11.0. The largest absolute Gasteiger partial charge is 0.496 e. The highest BCUT2D eigenvalue weighted by Gasteiger charge is 2.80. The van der Waals surface area contributed by atoms with Gasteiger partial charge in [-0.1, -0.05) is 59.1 Å². The molecule has 6 aliphatic rings. The van der Waals surface area contributed by atoms with Crippen molar-refractivity contribution in [3.05, 3.63) is 70.9 Å². The van der Waals surface area contributed by atoms with Gasteiger partial charge in [-0.05, 0) is 99.4 Å². The molecule has 5 N–H and O–H groups in total. The lowest BCUT2D eigenvalue weighted by molar-refractivity contribution is -0.228. The number of carbonyl (C=O) groups is 3. The number of aromatic nitrogens is 1. The molecule has 2 saturated carbocycles. The summed E-state index contributed by atoms with van der Waals surface area (Å²) in [7, 11) is 1.51. The molecule has 2 aromatic carbocycles. The van der Waals surface area contributed by atoms with Gasteiger partial charge < -0.3 is 39.0 Å². The molecule has 3 aromatic rings. The molecule has 16 nitrogen and oxygen atoms in total. The zero-order valence-electron chi connectivity index (χ0n) is 37.5. The van der Waals surface area contributed by atoms with Crippen LogP contribution in [0.3, 0.4) is 0 Å². The fourth-order valence-corrected chi connectivity index (χ4v) is 14.0. The number of nitrogens with one attached hydrogen (secondary N) is 1. The lowest BCUT2D eigenvalue weighted by atomic mass is 9.47. The molecule has 2 bridgehead atoms. The van der Waals surface area contributed by atoms with Crippen LogP contribution in [0.5, 0.6) is 5.75 Å². The van der Waals surface area contributed by atoms with Gasteiger partial charge in [-0.25, -0.2) is 4.79 Å². The van der Waals surface area contributed by atoms with Crippen LogP contribution in [0, 0.1) is 17.3 Å². The molecule has 3 aliphatic heterocycles. The molecule has 364 valence electrons. The number of H-pyrrole nitrogens is 1. The second-order valence-electron chi connectivity index (χ2n) is 19.0. The van der Waals surface area contributed by atoms with Crippen molar-refractivity contribution in [1.29, 1.82) is 0 Å². The summed E-state index contributed by atoms with van der Waals surface area (Å²) < 4.78 is 55.6. The standard InChI is InChI=1S/C47H59N3O9.2CH4.H2O4S/c1-8-43(54)24-28-15-16-31-30-13-10-11-14-34(30)48-37(31)46(41(52)57-6,26-29(21-28)25-43)33-22-32-35(23-36(33)56-5)49(4)39-45(32)18-20-50-19-12-17-44(9-2,38(45)50)40(59-27(3)51)47(39,55)42(53)58-7;;;1-5(2,3)4/h10-14,17,22-23,28-29,38-40,48,54-55H,8-9,15-16,18-21,24-26H2,1-7H3;2*1H4;(H2,1,2,3,4)/t28-,29?,38-,39+,40+,43+,44+,45+,46-,47-;;;/m0.../s1. The Kier molecular flexibility index (Phi) is 13.8. The van der Waals surface area contributed by atoms with E-state index in [1.54, 1.807) is 7.11 Å². The maximum atomic E-state index is 15.3. The van der Waals surface area contributed by atoms with Crippen LogP contribution in [-0.4, -0.2) is 126 Å². The van der Waals surface area contributed by atoms with Crippen molar-refractivity contribution in [1.82, 2.24) is 9.88 Å². The number of aliphatic hydroxyl groups is 2. The Hall–Kier alpha value is -4.52. The topological polar surface area (TPSA) is 225 Å². The zero-order valence-corrected chi connectivity index (χ0v) is 38.4. The molecule has 17 heteroatoms. The molecule has 3 fully saturated rings. The molecular formula is C49H69N3O13S. The minimum atomic E-state index is -4.67. The van der Waals surface area contributed by atoms with Gasteiger partial charge >= 0.3 is 28.3 Å². The Bertz CT molecular complexity index is 2500. The number of hydrogen-bond acceptors (Lipinski definition) is 13. The second-order valence-corrected chi connectivity index (χ2v) is 19.9. The molecule has 1 unspecified atom stereocenters. The van der Waals surface area contributed by atoms with Crippen molar-refractivity contribution in [2.24, 2.45) is 17.3 Å². The maximum Gasteiger partial charge on any atom is 0.394 e. The number of anilines is 1. The summed E-state index contributed by atoms with van der Waals surface area (Å²) in [6.45, 7) is 6.69. The SMILES string of the molecule is C.C.CC[C@]1(O)CC2C[C@H](CCc3c([nH]c4ccccc34)[C@@](C(=O)OC)(c3cc4c(cc3OC)N(C)[C@H]3[C@@](O)(C(=O)OC)[C@H](OC(C)=O)[C@]5(CC)C=CCN6CC[C@]43[C@@H]65)C2)C1.O=S(=O)(O)O. The first-order chi connectivity index (χ1) is 30.2. The van der Waals surface area contributed by atoms with Crippen LogP contribution < -0.4 is 9.64 Å². The van der Waals surface area contributed by atoms with Crippen molar-refractivity contribution >= 4 is 44.9 Å². The molecule has 3 aliphatic carbocycles. The maximum absolute atomic E-state index is 15.3. The fraction of sp³-hybridized carbons (Fsp3) is 0.612. The van der Waals surface area contributed by atoms with Crippen LogP contribution >= 0.6 is 0 Å². The van der Waals surface area contributed by atoms with Gasteiger partial charge in [0, 0.05) is 71.3 Å². The third-order valence-corrected chi connectivity index (χ3v) is 16.0. The molecule has 9 rings (SSSR count). The molecule has 0 amide bonds. The Balaban J connectivity index is 0.000000977. The van der Waals surface area contributed by atoms with Crippen LogP contribution in [-0.2, 0) is 56.2 Å². The Morgan fingerprint density at radius 1 is 0.909 bits per heavy atom. The highest BCUT2D eigenvalue weighted by molar-refractivity contribution is 7.79. The van der Waals surface area contributed by atoms with Gasteiger partial charge in [0.15, 0.2) is 6.10 Å². The van der Waals surface area contributed by atoms with Gasteiger partial charge in [-0.2, -0.15) is 8.42 Å². The minimum absolute atomic E-state index is 0. The van der Waals surface area contributed by atoms with Crippen LogP contribution in [0.25, 0.3) is 10.9 Å². The lowest BCUT2D eigenvalue weighted by Crippen LogP contribution is -2.81. The van der Waals surface area contributed by atoms with E-state index < -0.39 is 67.9 Å². The number of nitrogens with zero attached hydrogens (tertiary/aromatic N) is 2. The number of methoxy groups -OCH3 is 3. The van der Waals surface area contributed by atoms with Crippen molar-refractivity contribution in [3.63, 3.8) is 0 Å². The van der Waals surface area contributed by atoms with E-state index in [4.69, 9.17) is 36.5 Å². The highest BCUT2D eigenvalue weighted by atomic mass is 32.3. The van der Waals surface area contributed by atoms with Gasteiger partial charge in [-0.3, -0.25) is 23.6 Å². The Morgan fingerprint density at radius 3 is 2.20 bits per heavy atom. The van der Waals surface area contributed by atoms with Gasteiger partial charge in [0.2, 0.25) is 5.60 Å². The summed E-state index contributed by atoms with van der Waals surface area (Å²) in [5.74, 6) is -1.17. The van der Waals surface area contributed by atoms with Crippen molar-refractivity contribution in [2.75, 3.05) is 46.4 Å². The molecule has 4 heterocycles. The molecule has 66 heavy (non-hydrogen) atoms. The number of aryl methyl sites for hydroxylation is 1. The Labute approximate surface area is 388 Å². The van der Waals surface area contributed by atoms with E-state index in [0.717, 1.165) is 52.7 Å². The number of para-hydroxylation sites is 1. The third kappa shape index (κ3) is 7.43.